The summed E-state index contributed by atoms with van der Waals surface area (Å²) in [6.45, 7) is 16.4. The van der Waals surface area contributed by atoms with E-state index in [0.29, 0.717) is 46.2 Å². The highest BCUT2D eigenvalue weighted by Gasteiger charge is 2.42. The Bertz CT molecular complexity index is 4120. The standard InChI is InChI=1S/C87H100N8O13/c1-58(76(98)91-71(80(102)107-84(5,6)7)51-33-34-54-88-81(103)108-85(8,9)10)89-77(99)70(52-53-74(96)94-86(59-35-17-11-18-36-59,60-37-19-12-20-38-60)61-39-21-13-22-40-61)90-79(101)73(57-106-83(2,3)4)92-78(100)72(93-82(104)105-56-69-67-49-31-29-47-65(67)66-48-30-32-50-68(66)69)55-75(97)95-87(62-41-23-14-24-42-62,63-43-25-15-26-44-63)64-45-27-16-28-46-64/h11-32,35-50,58,69-73H,33-34,51-57H2,1-10H3,(H,88,103)(H,89,99)(H,90,101)(H,91,98)(H,92,100)(H,93,104)(H,94,96)(H,95,97)/t58-,70-,71-,72?,73-/m0/s1. The zero-order valence-corrected chi connectivity index (χ0v) is 63.1. The van der Waals surface area contributed by atoms with Crippen molar-refractivity contribution in [2.24, 2.45) is 0 Å². The molecule has 0 aromatic heterocycles. The molecule has 0 spiro atoms. The van der Waals surface area contributed by atoms with E-state index >= 15 is 24.0 Å². The Kier molecular flexibility index (Phi) is 27.4. The van der Waals surface area contributed by atoms with Crippen molar-refractivity contribution < 1.29 is 62.1 Å². The van der Waals surface area contributed by atoms with Gasteiger partial charge < -0.3 is 61.5 Å². The van der Waals surface area contributed by atoms with Crippen LogP contribution in [0.15, 0.2) is 231 Å². The summed E-state index contributed by atoms with van der Waals surface area (Å²) in [6, 6.07) is 63.9. The Balaban J connectivity index is 1.03. The first kappa shape index (κ1) is 80.6. The van der Waals surface area contributed by atoms with Gasteiger partial charge in [0.05, 0.1) is 18.6 Å². The predicted molar refractivity (Wildman–Crippen MR) is 414 cm³/mol. The summed E-state index contributed by atoms with van der Waals surface area (Å²) in [6.07, 6.45) is -2.38. The number of amides is 8. The molecule has 108 heavy (non-hydrogen) atoms. The smallest absolute Gasteiger partial charge is 0.407 e. The van der Waals surface area contributed by atoms with Crippen LogP contribution in [-0.4, -0.2) is 120 Å². The van der Waals surface area contributed by atoms with Gasteiger partial charge in [0.1, 0.15) is 59.1 Å². The molecule has 8 aromatic rings. The van der Waals surface area contributed by atoms with Crippen LogP contribution >= 0.6 is 0 Å². The number of unbranched alkanes of at least 4 members (excludes halogenated alkanes) is 1. The molecule has 1 unspecified atom stereocenters. The molecule has 8 amide bonds. The predicted octanol–water partition coefficient (Wildman–Crippen LogP) is 12.1. The number of nitrogens with one attached hydrogen (secondary N) is 8. The molecule has 0 saturated heterocycles. The van der Waals surface area contributed by atoms with Gasteiger partial charge in [-0.25, -0.2) is 14.4 Å². The average Bonchev–Trinajstić information content (AvgIpc) is 0.843. The number of hydrogen-bond donors (Lipinski definition) is 8. The number of esters is 1. The summed E-state index contributed by atoms with van der Waals surface area (Å²) in [4.78, 5) is 132. The van der Waals surface area contributed by atoms with E-state index in [4.69, 9.17) is 18.9 Å². The van der Waals surface area contributed by atoms with Crippen LogP contribution in [0, 0.1) is 0 Å². The van der Waals surface area contributed by atoms with Crippen molar-refractivity contribution in [3.63, 3.8) is 0 Å². The van der Waals surface area contributed by atoms with E-state index in [2.05, 4.69) is 42.5 Å². The fourth-order valence-corrected chi connectivity index (χ4v) is 13.2. The lowest BCUT2D eigenvalue weighted by atomic mass is 9.77. The van der Waals surface area contributed by atoms with Gasteiger partial charge in [-0.15, -0.1) is 0 Å². The van der Waals surface area contributed by atoms with Crippen molar-refractivity contribution >= 4 is 53.6 Å². The van der Waals surface area contributed by atoms with Gasteiger partial charge in [-0.1, -0.05) is 231 Å². The average molecular weight is 1470 g/mol. The summed E-state index contributed by atoms with van der Waals surface area (Å²) in [5.74, 6) is -6.14. The highest BCUT2D eigenvalue weighted by molar-refractivity contribution is 5.97. The molecule has 0 bridgehead atoms. The maximum atomic E-state index is 15.5. The zero-order valence-electron chi connectivity index (χ0n) is 63.1. The van der Waals surface area contributed by atoms with Gasteiger partial charge in [0.25, 0.3) is 0 Å². The molecule has 21 nitrogen and oxygen atoms in total. The Morgan fingerprint density at radius 1 is 0.380 bits per heavy atom. The second kappa shape index (κ2) is 36.7. The monoisotopic (exact) mass is 1460 g/mol. The molecular formula is C87H100N8O13. The topological polar surface area (TPSA) is 287 Å². The quantitative estimate of drug-likeness (QED) is 0.00843. The summed E-state index contributed by atoms with van der Waals surface area (Å²) < 4.78 is 23.3. The third kappa shape index (κ3) is 21.9. The number of hydrogen-bond acceptors (Lipinski definition) is 13. The highest BCUT2D eigenvalue weighted by atomic mass is 16.6. The first-order chi connectivity index (χ1) is 51.5. The Morgan fingerprint density at radius 3 is 1.20 bits per heavy atom. The number of carbonyl (C=O) groups is 9. The Hall–Kier alpha value is -11.5. The van der Waals surface area contributed by atoms with E-state index in [9.17, 15) is 19.2 Å². The van der Waals surface area contributed by atoms with Crippen LogP contribution in [0.4, 0.5) is 9.59 Å². The molecular weight excluding hydrogens is 1360 g/mol. The molecule has 0 radical (unpaired) electrons. The lowest BCUT2D eigenvalue weighted by Crippen LogP contribution is -2.60. The second-order valence-corrected chi connectivity index (χ2v) is 29.9. The van der Waals surface area contributed by atoms with Crippen molar-refractivity contribution in [3.05, 3.63) is 275 Å². The van der Waals surface area contributed by atoms with Gasteiger partial charge in [-0.3, -0.25) is 28.8 Å². The minimum atomic E-state index is -1.76. The Labute approximate surface area is 632 Å². The van der Waals surface area contributed by atoms with Gasteiger partial charge >= 0.3 is 18.2 Å². The first-order valence-corrected chi connectivity index (χ1v) is 36.7. The summed E-state index contributed by atoms with van der Waals surface area (Å²) in [5.41, 5.74) is 2.70. The maximum absolute atomic E-state index is 15.5. The molecule has 0 fully saturated rings. The number of rotatable bonds is 32. The van der Waals surface area contributed by atoms with Crippen LogP contribution < -0.4 is 42.5 Å². The molecule has 9 rings (SSSR count). The van der Waals surface area contributed by atoms with Crippen LogP contribution in [0.25, 0.3) is 11.1 Å². The molecule has 0 aliphatic heterocycles. The highest BCUT2D eigenvalue weighted by Crippen LogP contribution is 2.45. The lowest BCUT2D eigenvalue weighted by molar-refractivity contribution is -0.159. The third-order valence-electron chi connectivity index (χ3n) is 18.2. The molecule has 5 atom stereocenters. The van der Waals surface area contributed by atoms with Crippen LogP contribution in [0.3, 0.4) is 0 Å². The van der Waals surface area contributed by atoms with Gasteiger partial charge in [0.2, 0.25) is 35.4 Å². The molecule has 1 aliphatic rings. The normalized spacial score (nSPS) is 13.6. The van der Waals surface area contributed by atoms with Crippen molar-refractivity contribution in [1.82, 2.24) is 42.5 Å². The fourth-order valence-electron chi connectivity index (χ4n) is 13.2. The summed E-state index contributed by atoms with van der Waals surface area (Å²) in [7, 11) is 0. The molecule has 1 aliphatic carbocycles. The minimum Gasteiger partial charge on any atom is -0.458 e. The molecule has 8 aromatic carbocycles. The zero-order chi connectivity index (χ0) is 77.7. The van der Waals surface area contributed by atoms with Gasteiger partial charge in [0, 0.05) is 18.9 Å². The van der Waals surface area contributed by atoms with Crippen LogP contribution in [0.1, 0.15) is 158 Å². The van der Waals surface area contributed by atoms with Crippen molar-refractivity contribution in [2.45, 2.75) is 172 Å². The molecule has 566 valence electrons. The number of ether oxygens (including phenoxy) is 4. The minimum absolute atomic E-state index is 0.0773. The van der Waals surface area contributed by atoms with E-state index < -0.39 is 138 Å². The first-order valence-electron chi connectivity index (χ1n) is 36.7. The molecule has 0 saturated carbocycles. The van der Waals surface area contributed by atoms with Crippen molar-refractivity contribution in [3.8, 4) is 11.1 Å². The van der Waals surface area contributed by atoms with Crippen LogP contribution in [-0.2, 0) is 63.6 Å². The van der Waals surface area contributed by atoms with Crippen molar-refractivity contribution in [1.29, 1.82) is 0 Å². The number of carbonyl (C=O) groups excluding carboxylic acids is 9. The van der Waals surface area contributed by atoms with Gasteiger partial charge in [0.15, 0.2) is 0 Å². The van der Waals surface area contributed by atoms with E-state index in [0.717, 1.165) is 22.3 Å². The summed E-state index contributed by atoms with van der Waals surface area (Å²) in [5, 5.41) is 22.9. The lowest BCUT2D eigenvalue weighted by Gasteiger charge is -2.37. The van der Waals surface area contributed by atoms with E-state index in [1.165, 1.54) is 6.92 Å². The maximum Gasteiger partial charge on any atom is 0.407 e. The molecule has 8 N–H and O–H groups in total. The van der Waals surface area contributed by atoms with Gasteiger partial charge in [-0.05, 0) is 151 Å². The van der Waals surface area contributed by atoms with Crippen LogP contribution in [0.2, 0.25) is 0 Å². The van der Waals surface area contributed by atoms with Crippen molar-refractivity contribution in [2.75, 3.05) is 19.8 Å². The van der Waals surface area contributed by atoms with Crippen LogP contribution in [0.5, 0.6) is 0 Å². The van der Waals surface area contributed by atoms with E-state index in [1.54, 1.807) is 62.3 Å². The summed E-state index contributed by atoms with van der Waals surface area (Å²) >= 11 is 0. The van der Waals surface area contributed by atoms with E-state index in [1.807, 2.05) is 231 Å². The number of alkyl carbamates (subject to hydrolysis) is 2. The largest absolute Gasteiger partial charge is 0.458 e. The second-order valence-electron chi connectivity index (χ2n) is 29.9. The number of benzene rings is 8. The number of fused-ring (bicyclic) bond motifs is 3. The van der Waals surface area contributed by atoms with E-state index in [-0.39, 0.29) is 25.5 Å². The third-order valence-corrected chi connectivity index (χ3v) is 18.2. The van der Waals surface area contributed by atoms with Gasteiger partial charge in [-0.2, -0.15) is 0 Å². The SMILES string of the molecule is C[C@H](NC(=O)[C@H](CCC(=O)NC(c1ccccc1)(c1ccccc1)c1ccccc1)NC(=O)[C@H](COC(C)(C)C)NC(=O)C(CC(=O)NC(c1ccccc1)(c1ccccc1)c1ccccc1)NC(=O)OCC1c2ccccc2-c2ccccc21)C(=O)N[C@@H](CCCCNC(=O)OC(C)(C)C)C(=O)OC(C)(C)C. The fraction of sp³-hybridized carbons (Fsp3) is 0.345. The molecule has 21 heteroatoms. The molecule has 0 heterocycles. The Morgan fingerprint density at radius 2 is 0.769 bits per heavy atom.